The van der Waals surface area contributed by atoms with Crippen molar-refractivity contribution in [3.63, 3.8) is 0 Å². The van der Waals surface area contributed by atoms with Crippen LogP contribution in [0.4, 0.5) is 0 Å². The van der Waals surface area contributed by atoms with E-state index >= 15 is 0 Å². The second kappa shape index (κ2) is 11.1. The summed E-state index contributed by atoms with van der Waals surface area (Å²) in [5, 5.41) is 3.70. The Bertz CT molecular complexity index is 1310. The van der Waals surface area contributed by atoms with Gasteiger partial charge in [-0.15, -0.1) is 0 Å². The Hall–Kier alpha value is -3.69. The van der Waals surface area contributed by atoms with E-state index in [1.54, 1.807) is 17.7 Å². The summed E-state index contributed by atoms with van der Waals surface area (Å²) in [5.41, 5.74) is 10.1. The van der Waals surface area contributed by atoms with E-state index in [2.05, 4.69) is 15.0 Å². The third kappa shape index (κ3) is 5.38. The van der Waals surface area contributed by atoms with Gasteiger partial charge in [-0.05, 0) is 36.4 Å². The van der Waals surface area contributed by atoms with Crippen LogP contribution < -0.4 is 10.3 Å². The van der Waals surface area contributed by atoms with Gasteiger partial charge in [0.25, 0.3) is 5.56 Å². The van der Waals surface area contributed by atoms with Crippen LogP contribution in [0.3, 0.4) is 0 Å². The number of aromatic nitrogens is 2. The van der Waals surface area contributed by atoms with Crippen molar-refractivity contribution >= 4 is 0 Å². The quantitative estimate of drug-likeness (QED) is 0.165. The SMILES string of the molecule is Cc1cn2c(nc1=O)O[C@@H]1[C@H]2O[C@](CCCN=[N+]=[N-])(COCc2ccccc2)[C@H]1OCc1ccccc1. The van der Waals surface area contributed by atoms with Gasteiger partial charge in [-0.1, -0.05) is 65.8 Å². The standard InChI is InChI=1S/C27H29N5O5/c1-19-15-32-25-22(36-26(32)30-24(19)33)23(35-17-21-11-6-3-7-12-21)27(37-25,13-8-14-29-31-28)18-34-16-20-9-4-2-5-10-20/h2-7,9-12,15,22-23,25H,8,13-14,16-18H2,1H3/t22-,23-,25+,27+/m0/s1. The number of rotatable bonds is 11. The molecule has 1 aromatic heterocycles. The minimum atomic E-state index is -0.876. The molecule has 1 fully saturated rings. The lowest BCUT2D eigenvalue weighted by Crippen LogP contribution is -2.49. The molecule has 5 rings (SSSR count). The van der Waals surface area contributed by atoms with E-state index in [0.29, 0.717) is 38.2 Å². The van der Waals surface area contributed by atoms with Gasteiger partial charge in [0, 0.05) is 23.2 Å². The van der Waals surface area contributed by atoms with E-state index in [0.717, 1.165) is 11.1 Å². The molecule has 3 aromatic rings. The van der Waals surface area contributed by atoms with E-state index in [4.69, 9.17) is 24.5 Å². The van der Waals surface area contributed by atoms with Gasteiger partial charge in [-0.2, -0.15) is 4.98 Å². The molecule has 4 atom stereocenters. The summed E-state index contributed by atoms with van der Waals surface area (Å²) in [6, 6.07) is 20.0. The molecule has 1 saturated heterocycles. The first-order valence-corrected chi connectivity index (χ1v) is 12.3. The molecule has 37 heavy (non-hydrogen) atoms. The fraction of sp³-hybridized carbons (Fsp3) is 0.407. The van der Waals surface area contributed by atoms with Crippen LogP contribution in [0.25, 0.3) is 10.4 Å². The lowest BCUT2D eigenvalue weighted by atomic mass is 9.90. The molecule has 0 radical (unpaired) electrons. The van der Waals surface area contributed by atoms with E-state index < -0.39 is 24.0 Å². The largest absolute Gasteiger partial charge is 0.453 e. The van der Waals surface area contributed by atoms with E-state index in [9.17, 15) is 4.79 Å². The first kappa shape index (κ1) is 25.0. The highest BCUT2D eigenvalue weighted by atomic mass is 16.7. The molecule has 0 aliphatic carbocycles. The highest BCUT2D eigenvalue weighted by Crippen LogP contribution is 2.48. The fourth-order valence-corrected chi connectivity index (χ4v) is 4.91. The Morgan fingerprint density at radius 3 is 2.51 bits per heavy atom. The van der Waals surface area contributed by atoms with Gasteiger partial charge in [0.1, 0.15) is 11.7 Å². The molecular formula is C27H29N5O5. The second-order valence-electron chi connectivity index (χ2n) is 9.33. The first-order chi connectivity index (χ1) is 18.1. The number of benzene rings is 2. The summed E-state index contributed by atoms with van der Waals surface area (Å²) in [6.07, 6.45) is 1.22. The lowest BCUT2D eigenvalue weighted by molar-refractivity contribution is -0.163. The number of azide groups is 1. The predicted octanol–water partition coefficient (Wildman–Crippen LogP) is 4.47. The van der Waals surface area contributed by atoms with Crippen LogP contribution in [-0.2, 0) is 27.4 Å². The highest BCUT2D eigenvalue weighted by Gasteiger charge is 2.60. The third-order valence-corrected chi connectivity index (χ3v) is 6.71. The number of hydrogen-bond donors (Lipinski definition) is 0. The average Bonchev–Trinajstić information content (AvgIpc) is 3.39. The maximum absolute atomic E-state index is 12.2. The minimum absolute atomic E-state index is 0.215. The molecule has 0 unspecified atom stereocenters. The molecule has 10 heteroatoms. The Labute approximate surface area is 214 Å². The normalized spacial score (nSPS) is 23.6. The Kier molecular flexibility index (Phi) is 7.52. The van der Waals surface area contributed by atoms with Gasteiger partial charge < -0.3 is 18.9 Å². The van der Waals surface area contributed by atoms with Crippen molar-refractivity contribution < 1.29 is 18.9 Å². The van der Waals surface area contributed by atoms with Gasteiger partial charge >= 0.3 is 6.01 Å². The van der Waals surface area contributed by atoms with Crippen LogP contribution in [0.2, 0.25) is 0 Å². The van der Waals surface area contributed by atoms with Gasteiger partial charge in [-0.25, -0.2) is 0 Å². The average molecular weight is 504 g/mol. The Balaban J connectivity index is 1.44. The molecule has 2 aliphatic heterocycles. The lowest BCUT2D eigenvalue weighted by Gasteiger charge is -2.35. The topological polar surface area (TPSA) is 121 Å². The van der Waals surface area contributed by atoms with Crippen LogP contribution in [0.5, 0.6) is 6.01 Å². The molecule has 3 heterocycles. The summed E-state index contributed by atoms with van der Waals surface area (Å²) in [7, 11) is 0. The molecule has 0 spiro atoms. The number of fused-ring (bicyclic) bond motifs is 3. The monoisotopic (exact) mass is 503 g/mol. The van der Waals surface area contributed by atoms with Crippen molar-refractivity contribution in [3.8, 4) is 6.01 Å². The minimum Gasteiger partial charge on any atom is -0.453 e. The van der Waals surface area contributed by atoms with Crippen LogP contribution in [0.15, 0.2) is 76.8 Å². The molecule has 2 aliphatic rings. The summed E-state index contributed by atoms with van der Waals surface area (Å²) in [4.78, 5) is 19.1. The molecule has 2 aromatic carbocycles. The van der Waals surface area contributed by atoms with E-state index in [-0.39, 0.29) is 18.2 Å². The second-order valence-corrected chi connectivity index (χ2v) is 9.33. The van der Waals surface area contributed by atoms with Gasteiger partial charge in [-0.3, -0.25) is 9.36 Å². The van der Waals surface area contributed by atoms with Crippen molar-refractivity contribution in [3.05, 3.63) is 104 Å². The highest BCUT2D eigenvalue weighted by molar-refractivity contribution is 5.19. The zero-order chi connectivity index (χ0) is 25.7. The number of aryl methyl sites for hydroxylation is 1. The molecule has 192 valence electrons. The summed E-state index contributed by atoms with van der Waals surface area (Å²) in [6.45, 7) is 3.04. The summed E-state index contributed by atoms with van der Waals surface area (Å²) < 4.78 is 27.4. The maximum Gasteiger partial charge on any atom is 0.302 e. The predicted molar refractivity (Wildman–Crippen MR) is 135 cm³/mol. The Morgan fingerprint density at radius 1 is 1.11 bits per heavy atom. The fourth-order valence-electron chi connectivity index (χ4n) is 4.91. The molecule has 0 N–H and O–H groups in total. The third-order valence-electron chi connectivity index (χ3n) is 6.71. The Morgan fingerprint density at radius 2 is 1.81 bits per heavy atom. The van der Waals surface area contributed by atoms with Crippen molar-refractivity contribution in [2.45, 2.75) is 57.0 Å². The van der Waals surface area contributed by atoms with Crippen molar-refractivity contribution in [2.75, 3.05) is 13.2 Å². The summed E-state index contributed by atoms with van der Waals surface area (Å²) >= 11 is 0. The van der Waals surface area contributed by atoms with Crippen molar-refractivity contribution in [1.29, 1.82) is 0 Å². The molecule has 10 nitrogen and oxygen atoms in total. The van der Waals surface area contributed by atoms with Gasteiger partial charge in [0.15, 0.2) is 12.3 Å². The number of ether oxygens (including phenoxy) is 4. The van der Waals surface area contributed by atoms with Crippen molar-refractivity contribution in [1.82, 2.24) is 9.55 Å². The van der Waals surface area contributed by atoms with Gasteiger partial charge in [0.05, 0.1) is 19.8 Å². The zero-order valence-electron chi connectivity index (χ0n) is 20.6. The van der Waals surface area contributed by atoms with Gasteiger partial charge in [0.2, 0.25) is 0 Å². The summed E-state index contributed by atoms with van der Waals surface area (Å²) in [5.74, 6) is 0. The number of nitrogens with zero attached hydrogens (tertiary/aromatic N) is 5. The van der Waals surface area contributed by atoms with Crippen molar-refractivity contribution in [2.24, 2.45) is 5.11 Å². The number of hydrogen-bond acceptors (Lipinski definition) is 7. The van der Waals surface area contributed by atoms with E-state index in [1.165, 1.54) is 0 Å². The molecule has 0 bridgehead atoms. The maximum atomic E-state index is 12.2. The molecular weight excluding hydrogens is 474 g/mol. The smallest absolute Gasteiger partial charge is 0.302 e. The molecule has 0 saturated carbocycles. The van der Waals surface area contributed by atoms with Crippen LogP contribution in [-0.4, -0.2) is 40.5 Å². The van der Waals surface area contributed by atoms with Crippen LogP contribution >= 0.6 is 0 Å². The van der Waals surface area contributed by atoms with Crippen LogP contribution in [0, 0.1) is 6.92 Å². The molecule has 0 amide bonds. The first-order valence-electron chi connectivity index (χ1n) is 12.3. The van der Waals surface area contributed by atoms with Crippen LogP contribution in [0.1, 0.15) is 35.8 Å². The van der Waals surface area contributed by atoms with E-state index in [1.807, 2.05) is 60.7 Å². The zero-order valence-corrected chi connectivity index (χ0v) is 20.6.